The van der Waals surface area contributed by atoms with Gasteiger partial charge in [0, 0.05) is 38.0 Å². The summed E-state index contributed by atoms with van der Waals surface area (Å²) in [7, 11) is 0. The molecule has 1 aliphatic rings. The second-order valence-electron chi connectivity index (χ2n) is 7.77. The van der Waals surface area contributed by atoms with E-state index in [4.69, 9.17) is 0 Å². The molecule has 0 aromatic carbocycles. The normalized spacial score (nSPS) is 15.5. The van der Waals surface area contributed by atoms with Gasteiger partial charge in [-0.25, -0.2) is 9.97 Å². The first-order chi connectivity index (χ1) is 13.5. The smallest absolute Gasteiger partial charge is 0.259 e. The molecular weight excluding hydrogens is 354 g/mol. The van der Waals surface area contributed by atoms with Gasteiger partial charge in [0.1, 0.15) is 11.5 Å². The van der Waals surface area contributed by atoms with Crippen LogP contribution in [0.5, 0.6) is 0 Å². The van der Waals surface area contributed by atoms with Gasteiger partial charge in [-0.1, -0.05) is 19.9 Å². The lowest BCUT2D eigenvalue weighted by Gasteiger charge is -2.33. The van der Waals surface area contributed by atoms with E-state index in [2.05, 4.69) is 14.9 Å². The molecule has 3 aromatic heterocycles. The maximum absolute atomic E-state index is 12.3. The third kappa shape index (κ3) is 3.69. The van der Waals surface area contributed by atoms with Gasteiger partial charge >= 0.3 is 0 Å². The maximum Gasteiger partial charge on any atom is 0.259 e. The molecule has 4 heterocycles. The van der Waals surface area contributed by atoms with Crippen LogP contribution in [-0.4, -0.2) is 32.0 Å². The van der Waals surface area contributed by atoms with Crippen molar-refractivity contribution in [2.24, 2.45) is 5.92 Å². The highest BCUT2D eigenvalue weighted by Gasteiger charge is 2.21. The lowest BCUT2D eigenvalue weighted by atomic mass is 9.96. The molecule has 0 unspecified atom stereocenters. The summed E-state index contributed by atoms with van der Waals surface area (Å²) in [6, 6.07) is 8.80. The minimum Gasteiger partial charge on any atom is -0.356 e. The van der Waals surface area contributed by atoms with E-state index in [1.807, 2.05) is 32.0 Å². The molecule has 0 atom stereocenters. The first-order valence-corrected chi connectivity index (χ1v) is 9.81. The van der Waals surface area contributed by atoms with Crippen LogP contribution in [0.15, 0.2) is 52.4 Å². The highest BCUT2D eigenvalue weighted by Crippen LogP contribution is 2.22. The van der Waals surface area contributed by atoms with E-state index in [0.29, 0.717) is 18.1 Å². The van der Waals surface area contributed by atoms with Gasteiger partial charge in [-0.2, -0.15) is 0 Å². The summed E-state index contributed by atoms with van der Waals surface area (Å²) < 4.78 is 3.27. The summed E-state index contributed by atoms with van der Waals surface area (Å²) in [5.41, 5.74) is 1.45. The van der Waals surface area contributed by atoms with E-state index in [1.54, 1.807) is 33.6 Å². The van der Waals surface area contributed by atoms with Crippen LogP contribution >= 0.6 is 0 Å². The Hall–Kier alpha value is -2.96. The van der Waals surface area contributed by atoms with Crippen molar-refractivity contribution in [2.45, 2.75) is 39.2 Å². The second-order valence-corrected chi connectivity index (χ2v) is 7.77. The van der Waals surface area contributed by atoms with Gasteiger partial charge < -0.3 is 4.90 Å². The van der Waals surface area contributed by atoms with Crippen LogP contribution in [0, 0.1) is 5.92 Å². The molecular formula is C21H25N5O2. The molecule has 0 amide bonds. The number of piperidine rings is 1. The Labute approximate surface area is 163 Å². The lowest BCUT2D eigenvalue weighted by molar-refractivity contribution is 0.349. The van der Waals surface area contributed by atoms with Crippen LogP contribution in [0.25, 0.3) is 5.65 Å². The number of fused-ring (bicyclic) bond motifs is 1. The monoisotopic (exact) mass is 379 g/mol. The van der Waals surface area contributed by atoms with Crippen LogP contribution < -0.4 is 16.0 Å². The largest absolute Gasteiger partial charge is 0.356 e. The van der Waals surface area contributed by atoms with Gasteiger partial charge in [-0.3, -0.25) is 18.6 Å². The van der Waals surface area contributed by atoms with E-state index in [1.165, 1.54) is 0 Å². The Kier molecular flexibility index (Phi) is 4.98. The molecule has 0 aliphatic carbocycles. The Bertz CT molecular complexity index is 1090. The van der Waals surface area contributed by atoms with Crippen molar-refractivity contribution in [2.75, 3.05) is 18.0 Å². The Morgan fingerprint density at radius 1 is 1.11 bits per heavy atom. The molecule has 1 aliphatic heterocycles. The quantitative estimate of drug-likeness (QED) is 0.695. The fourth-order valence-corrected chi connectivity index (χ4v) is 3.72. The average molecular weight is 379 g/mol. The number of nitrogens with zero attached hydrogens (tertiary/aromatic N) is 5. The van der Waals surface area contributed by atoms with E-state index in [0.717, 1.165) is 37.4 Å². The minimum atomic E-state index is -0.0643. The van der Waals surface area contributed by atoms with Crippen molar-refractivity contribution in [3.05, 3.63) is 69.3 Å². The number of anilines is 1. The van der Waals surface area contributed by atoms with Crippen LogP contribution in [0.1, 0.15) is 38.3 Å². The summed E-state index contributed by atoms with van der Waals surface area (Å²) in [5, 5.41) is 0. The van der Waals surface area contributed by atoms with Crippen molar-refractivity contribution >= 4 is 11.5 Å². The van der Waals surface area contributed by atoms with Crippen molar-refractivity contribution < 1.29 is 0 Å². The van der Waals surface area contributed by atoms with Crippen LogP contribution in [0.3, 0.4) is 0 Å². The van der Waals surface area contributed by atoms with Crippen molar-refractivity contribution in [3.8, 4) is 0 Å². The zero-order valence-electron chi connectivity index (χ0n) is 16.3. The predicted octanol–water partition coefficient (Wildman–Crippen LogP) is 2.29. The zero-order chi connectivity index (χ0) is 19.7. The molecule has 28 heavy (non-hydrogen) atoms. The Balaban J connectivity index is 1.44. The number of aromatic nitrogens is 4. The molecule has 0 spiro atoms. The molecule has 0 bridgehead atoms. The van der Waals surface area contributed by atoms with Gasteiger partial charge in [-0.15, -0.1) is 0 Å². The molecule has 7 heteroatoms. The molecule has 4 rings (SSSR count). The molecule has 1 saturated heterocycles. The second kappa shape index (κ2) is 7.58. The fourth-order valence-electron chi connectivity index (χ4n) is 3.72. The predicted molar refractivity (Wildman–Crippen MR) is 109 cm³/mol. The van der Waals surface area contributed by atoms with Crippen molar-refractivity contribution in [3.63, 3.8) is 0 Å². The maximum atomic E-state index is 12.3. The summed E-state index contributed by atoms with van der Waals surface area (Å²) >= 11 is 0. The summed E-state index contributed by atoms with van der Waals surface area (Å²) in [6.07, 6.45) is 5.31. The molecule has 0 radical (unpaired) electrons. The molecule has 0 N–H and O–H groups in total. The average Bonchev–Trinajstić information content (AvgIpc) is 2.70. The van der Waals surface area contributed by atoms with Crippen molar-refractivity contribution in [1.29, 1.82) is 0 Å². The molecule has 7 nitrogen and oxygen atoms in total. The minimum absolute atomic E-state index is 0.0188. The van der Waals surface area contributed by atoms with Crippen LogP contribution in [-0.2, 0) is 6.54 Å². The molecule has 3 aromatic rings. The Morgan fingerprint density at radius 3 is 2.61 bits per heavy atom. The van der Waals surface area contributed by atoms with Crippen LogP contribution in [0.2, 0.25) is 0 Å². The lowest BCUT2D eigenvalue weighted by Crippen LogP contribution is -2.37. The standard InChI is InChI=1S/C21H25N5O2/c1-15(2)17-11-20(27)25(14-22-17)13-16-6-9-24(10-7-16)19-12-21(28)26-8-4-3-5-18(26)23-19/h3-5,8,11-12,14-16H,6-7,9-10,13H2,1-2H3. The molecule has 146 valence electrons. The summed E-state index contributed by atoms with van der Waals surface area (Å²) in [5.74, 6) is 1.40. The highest BCUT2D eigenvalue weighted by atomic mass is 16.1. The first kappa shape index (κ1) is 18.4. The van der Waals surface area contributed by atoms with E-state index < -0.39 is 0 Å². The van der Waals surface area contributed by atoms with Crippen LogP contribution in [0.4, 0.5) is 5.82 Å². The number of pyridine rings is 1. The molecule has 0 saturated carbocycles. The van der Waals surface area contributed by atoms with Crippen molar-refractivity contribution in [1.82, 2.24) is 18.9 Å². The first-order valence-electron chi connectivity index (χ1n) is 9.81. The third-order valence-electron chi connectivity index (χ3n) is 5.44. The van der Waals surface area contributed by atoms with Gasteiger partial charge in [0.25, 0.3) is 11.1 Å². The summed E-state index contributed by atoms with van der Waals surface area (Å²) in [6.45, 7) is 6.41. The molecule has 1 fully saturated rings. The van der Waals surface area contributed by atoms with Gasteiger partial charge in [0.05, 0.1) is 12.0 Å². The fraction of sp³-hybridized carbons (Fsp3) is 0.429. The SMILES string of the molecule is CC(C)c1cc(=O)n(CC2CCN(c3cc(=O)n4ccccc4n3)CC2)cn1. The zero-order valence-corrected chi connectivity index (χ0v) is 16.3. The van der Waals surface area contributed by atoms with E-state index in [-0.39, 0.29) is 17.0 Å². The van der Waals surface area contributed by atoms with Gasteiger partial charge in [0.15, 0.2) is 0 Å². The number of hydrogen-bond acceptors (Lipinski definition) is 5. The van der Waals surface area contributed by atoms with E-state index in [9.17, 15) is 9.59 Å². The Morgan fingerprint density at radius 2 is 1.89 bits per heavy atom. The number of hydrogen-bond donors (Lipinski definition) is 0. The highest BCUT2D eigenvalue weighted by molar-refractivity contribution is 5.48. The topological polar surface area (TPSA) is 72.5 Å². The summed E-state index contributed by atoms with van der Waals surface area (Å²) in [4.78, 5) is 35.8. The number of rotatable bonds is 4. The third-order valence-corrected chi connectivity index (χ3v) is 5.44. The van der Waals surface area contributed by atoms with Gasteiger partial charge in [0.2, 0.25) is 0 Å². The van der Waals surface area contributed by atoms with Gasteiger partial charge in [-0.05, 0) is 36.8 Å². The van der Waals surface area contributed by atoms with E-state index >= 15 is 0 Å².